The Morgan fingerprint density at radius 2 is 1.86 bits per heavy atom. The third-order valence-electron chi connectivity index (χ3n) is 4.46. The minimum absolute atomic E-state index is 0.112. The van der Waals surface area contributed by atoms with Crippen molar-refractivity contribution in [2.45, 2.75) is 12.3 Å². The molecule has 1 aliphatic heterocycles. The maximum absolute atomic E-state index is 12.8. The standard InChI is InChI=1S/C18H17F3N6O/c19-18(20,21)13-4-2-12(3-5-13)14-11-26(8-9-28-14)15-10-16(25-17(22)24-15)27-7-1-6-23-27/h1-7,10,14H,8-9,11H2,(H2,22,24,25). The van der Waals surface area contributed by atoms with Gasteiger partial charge in [0, 0.05) is 31.5 Å². The molecule has 0 aliphatic carbocycles. The molecular formula is C18H17F3N6O. The van der Waals surface area contributed by atoms with E-state index in [9.17, 15) is 13.2 Å². The molecule has 2 aromatic heterocycles. The smallest absolute Gasteiger partial charge is 0.370 e. The molecule has 7 nitrogen and oxygen atoms in total. The summed E-state index contributed by atoms with van der Waals surface area (Å²) in [6.45, 7) is 1.42. The Bertz CT molecular complexity index is 943. The first-order valence-corrected chi connectivity index (χ1v) is 8.58. The highest BCUT2D eigenvalue weighted by Crippen LogP contribution is 2.31. The summed E-state index contributed by atoms with van der Waals surface area (Å²) in [4.78, 5) is 10.4. The molecule has 3 heterocycles. The van der Waals surface area contributed by atoms with Gasteiger partial charge in [-0.05, 0) is 23.8 Å². The van der Waals surface area contributed by atoms with Crippen LogP contribution >= 0.6 is 0 Å². The average molecular weight is 390 g/mol. The van der Waals surface area contributed by atoms with Gasteiger partial charge in [0.15, 0.2) is 5.82 Å². The third-order valence-corrected chi connectivity index (χ3v) is 4.46. The van der Waals surface area contributed by atoms with Gasteiger partial charge in [-0.2, -0.15) is 28.2 Å². The van der Waals surface area contributed by atoms with Crippen LogP contribution in [0.2, 0.25) is 0 Å². The van der Waals surface area contributed by atoms with E-state index in [1.54, 1.807) is 29.2 Å². The van der Waals surface area contributed by atoms with Crippen LogP contribution in [0.3, 0.4) is 0 Å². The Hall–Kier alpha value is -3.14. The van der Waals surface area contributed by atoms with E-state index in [1.165, 1.54) is 12.1 Å². The summed E-state index contributed by atoms with van der Waals surface area (Å²) in [5.74, 6) is 1.25. The van der Waals surface area contributed by atoms with Crippen molar-refractivity contribution in [1.29, 1.82) is 0 Å². The van der Waals surface area contributed by atoms with E-state index in [2.05, 4.69) is 15.1 Å². The van der Waals surface area contributed by atoms with E-state index >= 15 is 0 Å². The monoisotopic (exact) mass is 390 g/mol. The topological polar surface area (TPSA) is 82.1 Å². The number of ether oxygens (including phenoxy) is 1. The number of alkyl halides is 3. The zero-order valence-electron chi connectivity index (χ0n) is 14.7. The summed E-state index contributed by atoms with van der Waals surface area (Å²) >= 11 is 0. The number of aromatic nitrogens is 4. The lowest BCUT2D eigenvalue weighted by molar-refractivity contribution is -0.137. The van der Waals surface area contributed by atoms with E-state index in [-0.39, 0.29) is 12.1 Å². The highest BCUT2D eigenvalue weighted by Gasteiger charge is 2.31. The number of morpholine rings is 1. The van der Waals surface area contributed by atoms with E-state index in [0.29, 0.717) is 36.9 Å². The molecule has 4 rings (SSSR count). The first-order valence-electron chi connectivity index (χ1n) is 8.58. The van der Waals surface area contributed by atoms with Crippen molar-refractivity contribution in [2.24, 2.45) is 0 Å². The van der Waals surface area contributed by atoms with Crippen LogP contribution in [-0.2, 0) is 10.9 Å². The van der Waals surface area contributed by atoms with Crippen LogP contribution in [0, 0.1) is 0 Å². The fourth-order valence-electron chi connectivity index (χ4n) is 3.07. The summed E-state index contributed by atoms with van der Waals surface area (Å²) in [5, 5.41) is 4.14. The number of hydrogen-bond donors (Lipinski definition) is 1. The van der Waals surface area contributed by atoms with Gasteiger partial charge in [-0.15, -0.1) is 0 Å². The summed E-state index contributed by atoms with van der Waals surface area (Å²) < 4.78 is 45.6. The van der Waals surface area contributed by atoms with Crippen molar-refractivity contribution in [3.05, 3.63) is 59.9 Å². The average Bonchev–Trinajstić information content (AvgIpc) is 3.22. The first-order chi connectivity index (χ1) is 13.4. The summed E-state index contributed by atoms with van der Waals surface area (Å²) in [6, 6.07) is 8.55. The zero-order chi connectivity index (χ0) is 19.7. The van der Waals surface area contributed by atoms with E-state index in [4.69, 9.17) is 10.5 Å². The first kappa shape index (κ1) is 18.2. The van der Waals surface area contributed by atoms with Gasteiger partial charge in [-0.1, -0.05) is 12.1 Å². The lowest BCUT2D eigenvalue weighted by Gasteiger charge is -2.34. The molecule has 0 saturated carbocycles. The number of anilines is 2. The molecule has 10 heteroatoms. The fourth-order valence-corrected chi connectivity index (χ4v) is 3.07. The summed E-state index contributed by atoms with van der Waals surface area (Å²) in [7, 11) is 0. The molecule has 0 radical (unpaired) electrons. The van der Waals surface area contributed by atoms with Crippen molar-refractivity contribution in [1.82, 2.24) is 19.7 Å². The molecule has 146 valence electrons. The van der Waals surface area contributed by atoms with Crippen molar-refractivity contribution < 1.29 is 17.9 Å². The predicted molar refractivity (Wildman–Crippen MR) is 95.9 cm³/mol. The maximum Gasteiger partial charge on any atom is 0.416 e. The maximum atomic E-state index is 12.8. The number of nitrogens with zero attached hydrogens (tertiary/aromatic N) is 5. The Morgan fingerprint density at radius 1 is 1.11 bits per heavy atom. The minimum atomic E-state index is -4.36. The van der Waals surface area contributed by atoms with E-state index < -0.39 is 11.7 Å². The number of benzene rings is 1. The Labute approximate surface area is 158 Å². The van der Waals surface area contributed by atoms with Crippen LogP contribution in [0.5, 0.6) is 0 Å². The third kappa shape index (κ3) is 3.77. The Balaban J connectivity index is 1.56. The van der Waals surface area contributed by atoms with Crippen LogP contribution < -0.4 is 10.6 Å². The van der Waals surface area contributed by atoms with Crippen LogP contribution in [0.1, 0.15) is 17.2 Å². The van der Waals surface area contributed by atoms with Crippen LogP contribution in [0.25, 0.3) is 5.82 Å². The molecule has 1 aromatic carbocycles. The van der Waals surface area contributed by atoms with Gasteiger partial charge >= 0.3 is 6.18 Å². The summed E-state index contributed by atoms with van der Waals surface area (Å²) in [6.07, 6.45) is -1.36. The Morgan fingerprint density at radius 3 is 2.54 bits per heavy atom. The predicted octanol–water partition coefficient (Wildman–Crippen LogP) is 2.84. The van der Waals surface area contributed by atoms with Crippen LogP contribution in [0.15, 0.2) is 48.8 Å². The lowest BCUT2D eigenvalue weighted by atomic mass is 10.1. The van der Waals surface area contributed by atoms with Gasteiger partial charge in [0.25, 0.3) is 0 Å². The van der Waals surface area contributed by atoms with E-state index in [0.717, 1.165) is 12.1 Å². The number of rotatable bonds is 3. The lowest BCUT2D eigenvalue weighted by Crippen LogP contribution is -2.39. The molecule has 1 saturated heterocycles. The quantitative estimate of drug-likeness (QED) is 0.741. The number of nitrogen functional groups attached to an aromatic ring is 1. The van der Waals surface area contributed by atoms with Gasteiger partial charge in [0.2, 0.25) is 5.95 Å². The zero-order valence-corrected chi connectivity index (χ0v) is 14.7. The van der Waals surface area contributed by atoms with Gasteiger partial charge in [-0.3, -0.25) is 0 Å². The van der Waals surface area contributed by atoms with Crippen molar-refractivity contribution in [3.8, 4) is 5.82 Å². The van der Waals surface area contributed by atoms with Gasteiger partial charge < -0.3 is 15.4 Å². The number of hydrogen-bond acceptors (Lipinski definition) is 6. The largest absolute Gasteiger partial charge is 0.416 e. The summed E-state index contributed by atoms with van der Waals surface area (Å²) in [5.41, 5.74) is 5.84. The second kappa shape index (κ2) is 7.12. The molecule has 1 atom stereocenters. The molecule has 28 heavy (non-hydrogen) atoms. The molecule has 1 fully saturated rings. The van der Waals surface area contributed by atoms with Crippen molar-refractivity contribution in [3.63, 3.8) is 0 Å². The molecule has 0 amide bonds. The van der Waals surface area contributed by atoms with Crippen molar-refractivity contribution >= 4 is 11.8 Å². The molecule has 0 bridgehead atoms. The second-order valence-electron chi connectivity index (χ2n) is 6.32. The molecule has 1 unspecified atom stereocenters. The normalized spacial score (nSPS) is 17.7. The molecule has 2 N–H and O–H groups in total. The molecule has 3 aromatic rings. The Kier molecular flexibility index (Phi) is 4.63. The minimum Gasteiger partial charge on any atom is -0.370 e. The molecule has 0 spiro atoms. The van der Waals surface area contributed by atoms with Crippen LogP contribution in [0.4, 0.5) is 24.9 Å². The highest BCUT2D eigenvalue weighted by atomic mass is 19.4. The van der Waals surface area contributed by atoms with Gasteiger partial charge in [0.05, 0.1) is 12.2 Å². The van der Waals surface area contributed by atoms with Crippen LogP contribution in [-0.4, -0.2) is 39.4 Å². The number of nitrogens with two attached hydrogens (primary N) is 1. The van der Waals surface area contributed by atoms with Crippen molar-refractivity contribution in [2.75, 3.05) is 30.3 Å². The second-order valence-corrected chi connectivity index (χ2v) is 6.32. The fraction of sp³-hybridized carbons (Fsp3) is 0.278. The van der Waals surface area contributed by atoms with Gasteiger partial charge in [0.1, 0.15) is 11.9 Å². The van der Waals surface area contributed by atoms with E-state index in [1.807, 2.05) is 4.90 Å². The highest BCUT2D eigenvalue weighted by molar-refractivity contribution is 5.48. The van der Waals surface area contributed by atoms with Gasteiger partial charge in [-0.25, -0.2) is 4.68 Å². The SMILES string of the molecule is Nc1nc(N2CCOC(c3ccc(C(F)(F)F)cc3)C2)cc(-n2cccn2)n1. The molecular weight excluding hydrogens is 373 g/mol. The molecule has 1 aliphatic rings. The number of halogens is 3.